The number of anilines is 1. The van der Waals surface area contributed by atoms with E-state index in [4.69, 9.17) is 4.74 Å². The highest BCUT2D eigenvalue weighted by atomic mass is 127. The van der Waals surface area contributed by atoms with Crippen molar-refractivity contribution in [1.29, 1.82) is 0 Å². The second-order valence-electron chi connectivity index (χ2n) is 3.86. The van der Waals surface area contributed by atoms with E-state index in [9.17, 15) is 10.1 Å². The maximum Gasteiger partial charge on any atom is 0.331 e. The molecule has 1 N–H and O–H groups in total. The molecule has 0 atom stereocenters. The van der Waals surface area contributed by atoms with E-state index in [1.54, 1.807) is 18.2 Å². The molecule has 1 aromatic heterocycles. The highest BCUT2D eigenvalue weighted by Gasteiger charge is 2.18. The van der Waals surface area contributed by atoms with Crippen LogP contribution in [0.2, 0.25) is 0 Å². The normalized spacial score (nSPS) is 10.1. The fourth-order valence-corrected chi connectivity index (χ4v) is 1.90. The van der Waals surface area contributed by atoms with Crippen LogP contribution in [0.3, 0.4) is 0 Å². The first kappa shape index (κ1) is 14.5. The van der Waals surface area contributed by atoms with Crippen LogP contribution in [-0.2, 0) is 0 Å². The Hall–Kier alpha value is -1.90. The zero-order chi connectivity index (χ0) is 14.5. The minimum absolute atomic E-state index is 0.0188. The van der Waals surface area contributed by atoms with Gasteiger partial charge in [0.1, 0.15) is 11.6 Å². The molecule has 0 spiro atoms. The molecular weight excluding hydrogens is 373 g/mol. The zero-order valence-electron chi connectivity index (χ0n) is 10.7. The highest BCUT2D eigenvalue weighted by molar-refractivity contribution is 14.1. The molecule has 0 aliphatic rings. The molecule has 2 aromatic rings. The first-order valence-corrected chi connectivity index (χ1v) is 7.00. The number of pyridine rings is 1. The van der Waals surface area contributed by atoms with Crippen molar-refractivity contribution in [3.8, 4) is 11.6 Å². The predicted molar refractivity (Wildman–Crippen MR) is 84.3 cm³/mol. The summed E-state index contributed by atoms with van der Waals surface area (Å²) in [6.45, 7) is 2.59. The summed E-state index contributed by atoms with van der Waals surface area (Å²) < 4.78 is 6.57. The van der Waals surface area contributed by atoms with Gasteiger partial charge in [0.05, 0.1) is 4.92 Å². The third-order valence-electron chi connectivity index (χ3n) is 2.42. The number of nitro groups is 1. The van der Waals surface area contributed by atoms with Crippen LogP contribution in [-0.4, -0.2) is 16.5 Å². The van der Waals surface area contributed by atoms with Crippen molar-refractivity contribution >= 4 is 34.1 Å². The van der Waals surface area contributed by atoms with Gasteiger partial charge < -0.3 is 10.1 Å². The minimum Gasteiger partial charge on any atom is -0.434 e. The lowest BCUT2D eigenvalue weighted by molar-refractivity contribution is -0.386. The van der Waals surface area contributed by atoms with Crippen molar-refractivity contribution in [3.05, 3.63) is 50.1 Å². The maximum absolute atomic E-state index is 11.0. The average Bonchev–Trinajstić information content (AvgIpc) is 2.42. The van der Waals surface area contributed by atoms with E-state index in [-0.39, 0.29) is 11.6 Å². The molecule has 0 unspecified atom stereocenters. The molecule has 0 bridgehead atoms. The Labute approximate surface area is 129 Å². The first-order chi connectivity index (χ1) is 9.60. The molecule has 0 aliphatic carbocycles. The Morgan fingerprint density at radius 2 is 2.00 bits per heavy atom. The number of aromatic nitrogens is 1. The molecular formula is C13H12IN3O3. The van der Waals surface area contributed by atoms with E-state index >= 15 is 0 Å². The number of hydrogen-bond donors (Lipinski definition) is 1. The molecule has 0 saturated carbocycles. The van der Waals surface area contributed by atoms with Crippen LogP contribution in [0.4, 0.5) is 11.5 Å². The summed E-state index contributed by atoms with van der Waals surface area (Å²) in [6, 6.07) is 10.1. The number of ether oxygens (including phenoxy) is 1. The van der Waals surface area contributed by atoms with Crippen molar-refractivity contribution in [2.24, 2.45) is 0 Å². The van der Waals surface area contributed by atoms with E-state index in [2.05, 4.69) is 32.9 Å². The van der Waals surface area contributed by atoms with Crippen molar-refractivity contribution in [2.45, 2.75) is 6.92 Å². The molecule has 0 amide bonds. The van der Waals surface area contributed by atoms with Gasteiger partial charge in [0, 0.05) is 16.2 Å². The maximum atomic E-state index is 11.0. The zero-order valence-corrected chi connectivity index (χ0v) is 12.8. The quantitative estimate of drug-likeness (QED) is 0.481. The fraction of sp³-hybridized carbons (Fsp3) is 0.154. The second kappa shape index (κ2) is 6.51. The molecule has 0 fully saturated rings. The highest BCUT2D eigenvalue weighted by Crippen LogP contribution is 2.30. The third kappa shape index (κ3) is 3.56. The lowest BCUT2D eigenvalue weighted by Crippen LogP contribution is -2.02. The van der Waals surface area contributed by atoms with Crippen molar-refractivity contribution in [1.82, 2.24) is 4.98 Å². The van der Waals surface area contributed by atoms with Crippen LogP contribution in [0.15, 0.2) is 36.4 Å². The fourth-order valence-electron chi connectivity index (χ4n) is 1.54. The van der Waals surface area contributed by atoms with Crippen molar-refractivity contribution in [3.63, 3.8) is 0 Å². The lowest BCUT2D eigenvalue weighted by Gasteiger charge is -2.08. The van der Waals surface area contributed by atoms with Crippen LogP contribution in [0, 0.1) is 13.7 Å². The van der Waals surface area contributed by atoms with Gasteiger partial charge in [-0.25, -0.2) is 0 Å². The summed E-state index contributed by atoms with van der Waals surface area (Å²) in [7, 11) is 0. The van der Waals surface area contributed by atoms with Crippen molar-refractivity contribution < 1.29 is 9.66 Å². The summed E-state index contributed by atoms with van der Waals surface area (Å²) in [4.78, 5) is 14.6. The van der Waals surface area contributed by atoms with Gasteiger partial charge in [-0.15, -0.1) is 0 Å². The Kier molecular flexibility index (Phi) is 4.72. The van der Waals surface area contributed by atoms with Gasteiger partial charge in [-0.3, -0.25) is 10.1 Å². The van der Waals surface area contributed by atoms with E-state index in [1.165, 1.54) is 6.07 Å². The van der Waals surface area contributed by atoms with Crippen LogP contribution >= 0.6 is 22.6 Å². The molecule has 0 aliphatic heterocycles. The molecule has 0 radical (unpaired) electrons. The van der Waals surface area contributed by atoms with Gasteiger partial charge in [-0.05, 0) is 59.8 Å². The summed E-state index contributed by atoms with van der Waals surface area (Å²) in [5, 5.41) is 14.0. The van der Waals surface area contributed by atoms with Crippen LogP contribution < -0.4 is 10.1 Å². The standard InChI is InChI=1S/C13H12IN3O3/c1-2-15-12-8-7-11(17(18)19)13(16-12)20-10-5-3-9(14)4-6-10/h3-8H,2H2,1H3,(H,15,16). The number of benzene rings is 1. The Balaban J connectivity index is 2.34. The number of nitrogens with one attached hydrogen (secondary N) is 1. The molecule has 0 saturated heterocycles. The van der Waals surface area contributed by atoms with Gasteiger partial charge in [-0.2, -0.15) is 4.98 Å². The summed E-state index contributed by atoms with van der Waals surface area (Å²) in [6.07, 6.45) is 0. The van der Waals surface area contributed by atoms with Gasteiger partial charge in [0.15, 0.2) is 0 Å². The van der Waals surface area contributed by atoms with E-state index in [1.807, 2.05) is 19.1 Å². The number of nitrogens with zero attached hydrogens (tertiary/aromatic N) is 2. The Morgan fingerprint density at radius 3 is 2.60 bits per heavy atom. The van der Waals surface area contributed by atoms with Gasteiger partial charge in [0.25, 0.3) is 0 Å². The van der Waals surface area contributed by atoms with Gasteiger partial charge in [0.2, 0.25) is 0 Å². The van der Waals surface area contributed by atoms with Crippen molar-refractivity contribution in [2.75, 3.05) is 11.9 Å². The summed E-state index contributed by atoms with van der Waals surface area (Å²) in [5.41, 5.74) is -0.162. The Bertz CT molecular complexity index is 617. The molecule has 6 nitrogen and oxygen atoms in total. The Morgan fingerprint density at radius 1 is 1.30 bits per heavy atom. The van der Waals surface area contributed by atoms with Gasteiger partial charge >= 0.3 is 11.6 Å². The molecule has 1 aromatic carbocycles. The molecule has 104 valence electrons. The lowest BCUT2D eigenvalue weighted by atomic mass is 10.3. The number of rotatable bonds is 5. The molecule has 1 heterocycles. The van der Waals surface area contributed by atoms with Crippen LogP contribution in [0.5, 0.6) is 11.6 Å². The molecule has 2 rings (SSSR count). The monoisotopic (exact) mass is 385 g/mol. The van der Waals surface area contributed by atoms with Crippen LogP contribution in [0.25, 0.3) is 0 Å². The third-order valence-corrected chi connectivity index (χ3v) is 3.14. The molecule has 7 heteroatoms. The largest absolute Gasteiger partial charge is 0.434 e. The van der Waals surface area contributed by atoms with Crippen LogP contribution in [0.1, 0.15) is 6.92 Å². The predicted octanol–water partition coefficient (Wildman–Crippen LogP) is 3.82. The average molecular weight is 385 g/mol. The minimum atomic E-state index is -0.509. The topological polar surface area (TPSA) is 77.3 Å². The molecule has 20 heavy (non-hydrogen) atoms. The summed E-state index contributed by atoms with van der Waals surface area (Å²) in [5.74, 6) is 1.03. The smallest absolute Gasteiger partial charge is 0.331 e. The number of halogens is 1. The summed E-state index contributed by atoms with van der Waals surface area (Å²) >= 11 is 2.17. The van der Waals surface area contributed by atoms with E-state index < -0.39 is 4.92 Å². The first-order valence-electron chi connectivity index (χ1n) is 5.93. The number of hydrogen-bond acceptors (Lipinski definition) is 5. The van der Waals surface area contributed by atoms with E-state index in [0.29, 0.717) is 18.1 Å². The van der Waals surface area contributed by atoms with Gasteiger partial charge in [-0.1, -0.05) is 0 Å². The second-order valence-corrected chi connectivity index (χ2v) is 5.11. The SMILES string of the molecule is CCNc1ccc([N+](=O)[O-])c(Oc2ccc(I)cc2)n1. The van der Waals surface area contributed by atoms with E-state index in [0.717, 1.165) is 3.57 Å².